The van der Waals surface area contributed by atoms with Crippen molar-refractivity contribution in [3.8, 4) is 22.3 Å². The van der Waals surface area contributed by atoms with Crippen molar-refractivity contribution in [1.82, 2.24) is 0 Å². The van der Waals surface area contributed by atoms with Gasteiger partial charge >= 0.3 is 0 Å². The van der Waals surface area contributed by atoms with Gasteiger partial charge in [0.1, 0.15) is 7.85 Å². The van der Waals surface area contributed by atoms with E-state index in [-0.39, 0.29) is 0 Å². The minimum absolute atomic E-state index is 0.776. The van der Waals surface area contributed by atoms with Gasteiger partial charge in [-0.15, -0.1) is 11.3 Å². The van der Waals surface area contributed by atoms with Crippen LogP contribution < -0.4 is 10.4 Å². The number of rotatable bonds is 5. The molecule has 0 aliphatic rings. The van der Waals surface area contributed by atoms with Crippen molar-refractivity contribution in [2.24, 2.45) is 0 Å². The molecular formula is C36H24BNS. The van der Waals surface area contributed by atoms with Crippen LogP contribution in [0, 0.1) is 0 Å². The molecule has 182 valence electrons. The molecule has 2 radical (unpaired) electrons. The third-order valence-corrected chi connectivity index (χ3v) is 8.44. The van der Waals surface area contributed by atoms with Crippen LogP contribution in [0.2, 0.25) is 0 Å². The van der Waals surface area contributed by atoms with Gasteiger partial charge in [-0.25, -0.2) is 0 Å². The molecular weight excluding hydrogens is 489 g/mol. The van der Waals surface area contributed by atoms with Crippen molar-refractivity contribution in [2.45, 2.75) is 0 Å². The topological polar surface area (TPSA) is 3.24 Å². The Hall–Kier alpha value is -4.60. The van der Waals surface area contributed by atoms with Gasteiger partial charge in [-0.2, -0.15) is 0 Å². The first-order valence-electron chi connectivity index (χ1n) is 13.1. The van der Waals surface area contributed by atoms with E-state index < -0.39 is 0 Å². The number of para-hydroxylation sites is 1. The van der Waals surface area contributed by atoms with Crippen LogP contribution in [0.4, 0.5) is 17.1 Å². The molecule has 0 saturated heterocycles. The lowest BCUT2D eigenvalue weighted by Crippen LogP contribution is -2.09. The zero-order valence-electron chi connectivity index (χ0n) is 21.3. The summed E-state index contributed by atoms with van der Waals surface area (Å²) in [6.45, 7) is 0. The molecule has 6 aromatic carbocycles. The first-order valence-corrected chi connectivity index (χ1v) is 13.9. The van der Waals surface area contributed by atoms with E-state index in [1.165, 1.54) is 36.9 Å². The molecule has 0 spiro atoms. The summed E-state index contributed by atoms with van der Waals surface area (Å²) in [5.41, 5.74) is 8.95. The highest BCUT2D eigenvalue weighted by molar-refractivity contribution is 7.26. The molecule has 3 heteroatoms. The van der Waals surface area contributed by atoms with Crippen molar-refractivity contribution >= 4 is 61.9 Å². The summed E-state index contributed by atoms with van der Waals surface area (Å²) in [5, 5.41) is 2.65. The second-order valence-electron chi connectivity index (χ2n) is 9.67. The Morgan fingerprint density at radius 1 is 0.436 bits per heavy atom. The molecule has 0 saturated carbocycles. The van der Waals surface area contributed by atoms with E-state index in [4.69, 9.17) is 7.85 Å². The molecule has 0 aliphatic carbocycles. The maximum absolute atomic E-state index is 5.88. The van der Waals surface area contributed by atoms with Gasteiger partial charge in [-0.3, -0.25) is 0 Å². The summed E-state index contributed by atoms with van der Waals surface area (Å²) in [4.78, 5) is 2.30. The fraction of sp³-hybridized carbons (Fsp3) is 0. The van der Waals surface area contributed by atoms with E-state index in [0.717, 1.165) is 28.1 Å². The van der Waals surface area contributed by atoms with E-state index in [9.17, 15) is 0 Å². The molecule has 1 aromatic heterocycles. The number of hydrogen-bond donors (Lipinski definition) is 0. The molecule has 0 fully saturated rings. The summed E-state index contributed by atoms with van der Waals surface area (Å²) < 4.78 is 2.67. The zero-order chi connectivity index (χ0) is 26.2. The Labute approximate surface area is 234 Å². The number of hydrogen-bond acceptors (Lipinski definition) is 2. The van der Waals surface area contributed by atoms with Crippen LogP contribution in [0.1, 0.15) is 0 Å². The molecule has 0 amide bonds. The smallest absolute Gasteiger partial charge is 0.113 e. The molecule has 0 aliphatic heterocycles. The number of fused-ring (bicyclic) bond motifs is 3. The lowest BCUT2D eigenvalue weighted by atomic mass is 9.93. The van der Waals surface area contributed by atoms with Gasteiger partial charge in [0.05, 0.1) is 0 Å². The summed E-state index contributed by atoms with van der Waals surface area (Å²) in [5.74, 6) is 0. The van der Waals surface area contributed by atoms with Crippen LogP contribution in [-0.2, 0) is 0 Å². The minimum atomic E-state index is 0.776. The van der Waals surface area contributed by atoms with Crippen LogP contribution in [0.5, 0.6) is 0 Å². The number of benzene rings is 6. The van der Waals surface area contributed by atoms with Gasteiger partial charge in [0.25, 0.3) is 0 Å². The normalized spacial score (nSPS) is 11.2. The number of nitrogens with zero attached hydrogens (tertiary/aromatic N) is 1. The highest BCUT2D eigenvalue weighted by atomic mass is 32.1. The fourth-order valence-electron chi connectivity index (χ4n) is 5.27. The van der Waals surface area contributed by atoms with Crippen LogP contribution in [0.25, 0.3) is 42.4 Å². The molecule has 0 N–H and O–H groups in total. The predicted molar refractivity (Wildman–Crippen MR) is 170 cm³/mol. The lowest BCUT2D eigenvalue weighted by Gasteiger charge is -2.26. The standard InChI is InChI=1S/C36H24BNS/c37-28-19-13-25(14-20-28)26-15-21-30(22-16-26)38(29-7-2-1-3-8-29)31-23-17-27(18-24-31)32-10-6-11-34-33-9-4-5-12-35(33)39-36(32)34/h1-24H. The molecule has 0 bridgehead atoms. The monoisotopic (exact) mass is 513 g/mol. The average Bonchev–Trinajstić information content (AvgIpc) is 3.38. The van der Waals surface area contributed by atoms with Gasteiger partial charge in [0, 0.05) is 37.2 Å². The van der Waals surface area contributed by atoms with E-state index in [0.29, 0.717) is 0 Å². The highest BCUT2D eigenvalue weighted by Gasteiger charge is 2.14. The first-order chi connectivity index (χ1) is 19.2. The third kappa shape index (κ3) is 4.41. The Kier molecular flexibility index (Phi) is 5.99. The predicted octanol–water partition coefficient (Wildman–Crippen LogP) is 9.65. The zero-order valence-corrected chi connectivity index (χ0v) is 22.1. The van der Waals surface area contributed by atoms with Gasteiger partial charge in [-0.05, 0) is 64.7 Å². The maximum atomic E-state index is 5.88. The van der Waals surface area contributed by atoms with Crippen molar-refractivity contribution < 1.29 is 0 Å². The first kappa shape index (κ1) is 23.5. The third-order valence-electron chi connectivity index (χ3n) is 7.22. The molecule has 7 aromatic rings. The minimum Gasteiger partial charge on any atom is -0.311 e. The van der Waals surface area contributed by atoms with Crippen molar-refractivity contribution in [3.63, 3.8) is 0 Å². The summed E-state index contributed by atoms with van der Waals surface area (Å²) >= 11 is 1.87. The molecule has 39 heavy (non-hydrogen) atoms. The van der Waals surface area contributed by atoms with Gasteiger partial charge in [0.2, 0.25) is 0 Å². The summed E-state index contributed by atoms with van der Waals surface area (Å²) in [6, 6.07) is 51.5. The Bertz CT molecular complexity index is 1890. The molecule has 0 unspecified atom stereocenters. The average molecular weight is 513 g/mol. The molecule has 1 nitrogen and oxygen atoms in total. The second-order valence-corrected chi connectivity index (χ2v) is 10.7. The second kappa shape index (κ2) is 9.94. The summed E-state index contributed by atoms with van der Waals surface area (Å²) in [7, 11) is 5.88. The van der Waals surface area contributed by atoms with Crippen molar-refractivity contribution in [3.05, 3.63) is 146 Å². The van der Waals surface area contributed by atoms with Crippen molar-refractivity contribution in [1.29, 1.82) is 0 Å². The van der Waals surface area contributed by atoms with Gasteiger partial charge in [0.15, 0.2) is 0 Å². The van der Waals surface area contributed by atoms with E-state index in [2.05, 4.69) is 138 Å². The molecule has 1 heterocycles. The van der Waals surface area contributed by atoms with Crippen LogP contribution in [-0.4, -0.2) is 7.85 Å². The van der Waals surface area contributed by atoms with Crippen LogP contribution in [0.3, 0.4) is 0 Å². The van der Waals surface area contributed by atoms with E-state index in [1.807, 2.05) is 23.5 Å². The van der Waals surface area contributed by atoms with Gasteiger partial charge < -0.3 is 4.90 Å². The fourth-order valence-corrected chi connectivity index (χ4v) is 6.51. The van der Waals surface area contributed by atoms with Gasteiger partial charge in [-0.1, -0.05) is 109 Å². The highest BCUT2D eigenvalue weighted by Crippen LogP contribution is 2.41. The quantitative estimate of drug-likeness (QED) is 0.207. The van der Waals surface area contributed by atoms with E-state index in [1.54, 1.807) is 0 Å². The molecule has 7 rings (SSSR count). The number of anilines is 3. The van der Waals surface area contributed by atoms with E-state index >= 15 is 0 Å². The summed E-state index contributed by atoms with van der Waals surface area (Å²) in [6.07, 6.45) is 0. The largest absolute Gasteiger partial charge is 0.311 e. The Morgan fingerprint density at radius 2 is 0.974 bits per heavy atom. The number of thiophene rings is 1. The van der Waals surface area contributed by atoms with Crippen molar-refractivity contribution in [2.75, 3.05) is 4.90 Å². The lowest BCUT2D eigenvalue weighted by molar-refractivity contribution is 1.28. The van der Waals surface area contributed by atoms with Crippen LogP contribution in [0.15, 0.2) is 146 Å². The SMILES string of the molecule is [B]c1ccc(-c2ccc(N(c3ccccc3)c3ccc(-c4cccc5c4sc4ccccc45)cc3)cc2)cc1. The Morgan fingerprint density at radius 3 is 1.67 bits per heavy atom. The van der Waals surface area contributed by atoms with Crippen LogP contribution >= 0.6 is 11.3 Å². The molecule has 0 atom stereocenters. The maximum Gasteiger partial charge on any atom is 0.113 e. The Balaban J connectivity index is 1.28.